The Morgan fingerprint density at radius 1 is 0.909 bits per heavy atom. The highest BCUT2D eigenvalue weighted by Gasteiger charge is 2.46. The van der Waals surface area contributed by atoms with E-state index in [9.17, 15) is 4.79 Å². The largest absolute Gasteiger partial charge is 0.490 e. The number of methoxy groups -OCH3 is 1. The molecule has 2 aliphatic rings. The van der Waals surface area contributed by atoms with Gasteiger partial charge in [-0.3, -0.25) is 4.90 Å². The lowest BCUT2D eigenvalue weighted by Crippen LogP contribution is -2.48. The zero-order chi connectivity index (χ0) is 22.6. The molecule has 0 radical (unpaired) electrons. The van der Waals surface area contributed by atoms with E-state index >= 15 is 0 Å². The third-order valence-electron chi connectivity index (χ3n) is 6.24. The van der Waals surface area contributed by atoms with E-state index < -0.39 is 0 Å². The van der Waals surface area contributed by atoms with Crippen molar-refractivity contribution in [2.75, 3.05) is 13.9 Å². The molecule has 1 saturated heterocycles. The highest BCUT2D eigenvalue weighted by Crippen LogP contribution is 2.50. The predicted octanol–water partition coefficient (Wildman–Crippen LogP) is 5.65. The zero-order valence-corrected chi connectivity index (χ0v) is 18.6. The van der Waals surface area contributed by atoms with E-state index in [1.807, 2.05) is 83.8 Å². The summed E-state index contributed by atoms with van der Waals surface area (Å²) in [6, 6.07) is 25.1. The smallest absolute Gasteiger partial charge is 0.411 e. The van der Waals surface area contributed by atoms with Crippen LogP contribution >= 0.6 is 0 Å². The van der Waals surface area contributed by atoms with E-state index in [-0.39, 0.29) is 37.7 Å². The van der Waals surface area contributed by atoms with Crippen LogP contribution in [-0.2, 0) is 16.1 Å². The monoisotopic (exact) mass is 445 g/mol. The normalized spacial score (nSPS) is 21.0. The number of carbonyl (C=O) groups is 1. The van der Waals surface area contributed by atoms with Crippen molar-refractivity contribution >= 4 is 6.09 Å². The van der Waals surface area contributed by atoms with Crippen LogP contribution in [0, 0.1) is 0 Å². The summed E-state index contributed by atoms with van der Waals surface area (Å²) in [5.74, 6) is 1.53. The maximum atomic E-state index is 13.6. The second kappa shape index (κ2) is 9.55. The van der Waals surface area contributed by atoms with Crippen molar-refractivity contribution in [1.29, 1.82) is 0 Å². The zero-order valence-electron chi connectivity index (χ0n) is 18.6. The van der Waals surface area contributed by atoms with Crippen molar-refractivity contribution in [3.63, 3.8) is 0 Å². The number of amides is 1. The number of fused-ring (bicyclic) bond motifs is 4. The topological polar surface area (TPSA) is 57.2 Å². The van der Waals surface area contributed by atoms with Gasteiger partial charge in [0.15, 0.2) is 6.79 Å². The quantitative estimate of drug-likeness (QED) is 0.459. The van der Waals surface area contributed by atoms with Crippen LogP contribution in [-0.4, -0.2) is 31.0 Å². The lowest BCUT2D eigenvalue weighted by molar-refractivity contribution is -0.0147. The first-order valence-corrected chi connectivity index (χ1v) is 11.2. The molecular formula is C27H27NO5. The van der Waals surface area contributed by atoms with E-state index in [0.717, 1.165) is 28.9 Å². The van der Waals surface area contributed by atoms with E-state index in [0.29, 0.717) is 12.2 Å². The molecule has 0 aromatic heterocycles. The number of ether oxygens (including phenoxy) is 4. The maximum Gasteiger partial charge on any atom is 0.411 e. The van der Waals surface area contributed by atoms with Gasteiger partial charge in [-0.2, -0.15) is 0 Å². The van der Waals surface area contributed by atoms with Crippen LogP contribution in [0.1, 0.15) is 41.6 Å². The lowest BCUT2D eigenvalue weighted by atomic mass is 9.83. The fourth-order valence-electron chi connectivity index (χ4n) is 4.79. The van der Waals surface area contributed by atoms with Gasteiger partial charge >= 0.3 is 6.09 Å². The minimum Gasteiger partial charge on any atom is -0.490 e. The Bertz CT molecular complexity index is 1100. The number of carbonyl (C=O) groups excluding carboxylic acids is 1. The highest BCUT2D eigenvalue weighted by molar-refractivity contribution is 5.70. The molecule has 0 N–H and O–H groups in total. The molecule has 0 spiro atoms. The minimum absolute atomic E-state index is 0.00329. The fraction of sp³-hybridized carbons (Fsp3) is 0.296. The summed E-state index contributed by atoms with van der Waals surface area (Å²) in [7, 11) is 1.59. The molecule has 170 valence electrons. The number of benzene rings is 3. The van der Waals surface area contributed by atoms with Crippen LogP contribution in [0.3, 0.4) is 0 Å². The van der Waals surface area contributed by atoms with Crippen LogP contribution < -0.4 is 9.47 Å². The van der Waals surface area contributed by atoms with Crippen LogP contribution in [0.2, 0.25) is 0 Å². The molecule has 3 aromatic rings. The van der Waals surface area contributed by atoms with Gasteiger partial charge in [-0.25, -0.2) is 4.79 Å². The predicted molar refractivity (Wildman–Crippen MR) is 123 cm³/mol. The molecule has 3 aromatic carbocycles. The van der Waals surface area contributed by atoms with Crippen LogP contribution in [0.4, 0.5) is 4.79 Å². The SMILES string of the molecule is COCOc1ccccc1[C@H]1CC2C[C@@H](c3ccccc3O2)N1C(=O)OCc1ccccc1. The molecule has 2 heterocycles. The Morgan fingerprint density at radius 2 is 1.58 bits per heavy atom. The number of rotatable bonds is 6. The Kier molecular flexibility index (Phi) is 6.17. The molecule has 6 nitrogen and oxygen atoms in total. The van der Waals surface area contributed by atoms with Crippen molar-refractivity contribution in [1.82, 2.24) is 4.90 Å². The first-order chi connectivity index (χ1) is 16.2. The second-order valence-electron chi connectivity index (χ2n) is 8.32. The van der Waals surface area contributed by atoms with Crippen molar-refractivity contribution in [3.8, 4) is 11.5 Å². The van der Waals surface area contributed by atoms with Crippen LogP contribution in [0.15, 0.2) is 78.9 Å². The molecule has 5 rings (SSSR count). The number of para-hydroxylation sites is 2. The summed E-state index contributed by atoms with van der Waals surface area (Å²) < 4.78 is 23.1. The molecule has 2 bridgehead atoms. The average molecular weight is 446 g/mol. The molecular weight excluding hydrogens is 418 g/mol. The summed E-state index contributed by atoms with van der Waals surface area (Å²) in [6.07, 6.45) is 1.04. The number of likely N-dealkylation sites (tertiary alicyclic amines) is 1. The molecule has 0 aliphatic carbocycles. The average Bonchev–Trinajstić information content (AvgIpc) is 2.86. The van der Waals surface area contributed by atoms with Crippen molar-refractivity contribution in [2.45, 2.75) is 37.6 Å². The van der Waals surface area contributed by atoms with Gasteiger partial charge in [-0.05, 0) is 17.7 Å². The van der Waals surface area contributed by atoms with Gasteiger partial charge < -0.3 is 18.9 Å². The van der Waals surface area contributed by atoms with E-state index in [2.05, 4.69) is 0 Å². The third kappa shape index (κ3) is 4.39. The minimum atomic E-state index is -0.342. The second-order valence-corrected chi connectivity index (χ2v) is 8.32. The molecule has 1 amide bonds. The number of nitrogens with zero attached hydrogens (tertiary/aromatic N) is 1. The summed E-state index contributed by atoms with van der Waals surface area (Å²) in [4.78, 5) is 15.5. The van der Waals surface area contributed by atoms with Crippen molar-refractivity contribution in [3.05, 3.63) is 95.6 Å². The van der Waals surface area contributed by atoms with Crippen LogP contribution in [0.5, 0.6) is 11.5 Å². The van der Waals surface area contributed by atoms with Gasteiger partial charge in [0.1, 0.15) is 24.2 Å². The number of hydrogen-bond acceptors (Lipinski definition) is 5. The summed E-state index contributed by atoms with van der Waals surface area (Å²) in [5.41, 5.74) is 2.88. The molecule has 3 atom stereocenters. The molecule has 0 saturated carbocycles. The standard InChI is InChI=1S/C27H27NO5/c1-30-18-32-25-13-7-5-11-21(25)23-15-20-16-24(22-12-6-8-14-26(22)33-20)28(23)27(29)31-17-19-9-3-2-4-10-19/h2-14,20,23-24H,15-18H2,1H3/t20?,23-,24+/m1/s1. The Labute approximate surface area is 193 Å². The number of piperidine rings is 1. The van der Waals surface area contributed by atoms with Crippen molar-refractivity contribution in [2.24, 2.45) is 0 Å². The van der Waals surface area contributed by atoms with Gasteiger partial charge in [0, 0.05) is 31.1 Å². The van der Waals surface area contributed by atoms with E-state index in [4.69, 9.17) is 18.9 Å². The lowest BCUT2D eigenvalue weighted by Gasteiger charge is -2.48. The van der Waals surface area contributed by atoms with Gasteiger partial charge in [0.05, 0.1) is 12.1 Å². The van der Waals surface area contributed by atoms with Crippen molar-refractivity contribution < 1.29 is 23.7 Å². The van der Waals surface area contributed by atoms with Gasteiger partial charge in [-0.1, -0.05) is 66.7 Å². The molecule has 1 unspecified atom stereocenters. The third-order valence-corrected chi connectivity index (χ3v) is 6.24. The Morgan fingerprint density at radius 3 is 2.36 bits per heavy atom. The fourth-order valence-corrected chi connectivity index (χ4v) is 4.79. The summed E-state index contributed by atoms with van der Waals surface area (Å²) >= 11 is 0. The Balaban J connectivity index is 1.50. The Hall–Kier alpha value is -3.51. The molecule has 2 aliphatic heterocycles. The highest BCUT2D eigenvalue weighted by atomic mass is 16.7. The van der Waals surface area contributed by atoms with Crippen LogP contribution in [0.25, 0.3) is 0 Å². The van der Waals surface area contributed by atoms with Gasteiger partial charge in [0.25, 0.3) is 0 Å². The van der Waals surface area contributed by atoms with E-state index in [1.165, 1.54) is 0 Å². The molecule has 33 heavy (non-hydrogen) atoms. The first-order valence-electron chi connectivity index (χ1n) is 11.2. The van der Waals surface area contributed by atoms with E-state index in [1.54, 1.807) is 7.11 Å². The first kappa shape index (κ1) is 21.3. The molecule has 6 heteroatoms. The number of hydrogen-bond donors (Lipinski definition) is 0. The van der Waals surface area contributed by atoms with Gasteiger partial charge in [-0.15, -0.1) is 0 Å². The van der Waals surface area contributed by atoms with Gasteiger partial charge in [0.2, 0.25) is 0 Å². The summed E-state index contributed by atoms with van der Waals surface area (Å²) in [5, 5.41) is 0. The molecule has 1 fully saturated rings. The summed E-state index contributed by atoms with van der Waals surface area (Å²) in [6.45, 7) is 0.355. The maximum absolute atomic E-state index is 13.6.